The Morgan fingerprint density at radius 3 is 2.61 bits per heavy atom. The van der Waals surface area contributed by atoms with E-state index in [1.165, 1.54) is 42.6 Å². The molecule has 2 aromatic rings. The fraction of sp³-hybridized carbons (Fsp3) is 0.529. The van der Waals surface area contributed by atoms with Crippen LogP contribution in [-0.2, 0) is 6.42 Å². The van der Waals surface area contributed by atoms with Crippen molar-refractivity contribution in [1.29, 1.82) is 0 Å². The van der Waals surface area contributed by atoms with E-state index in [-0.39, 0.29) is 0 Å². The van der Waals surface area contributed by atoms with Crippen LogP contribution in [-0.4, -0.2) is 24.0 Å². The van der Waals surface area contributed by atoms with Gasteiger partial charge in [0.15, 0.2) is 0 Å². The van der Waals surface area contributed by atoms with E-state index < -0.39 is 5.91 Å². The van der Waals surface area contributed by atoms with Gasteiger partial charge in [0, 0.05) is 18.5 Å². The maximum atomic E-state index is 11.6. The van der Waals surface area contributed by atoms with Gasteiger partial charge in [-0.1, -0.05) is 26.2 Å². The molecular weight excluding hydrogens is 308 g/mol. The Morgan fingerprint density at radius 2 is 2.00 bits per heavy atom. The molecule has 1 fully saturated rings. The van der Waals surface area contributed by atoms with Crippen LogP contribution in [0.4, 0.5) is 11.5 Å². The second-order valence-electron chi connectivity index (χ2n) is 6.18. The third-order valence-corrected chi connectivity index (χ3v) is 5.55. The fourth-order valence-electron chi connectivity index (χ4n) is 3.30. The van der Waals surface area contributed by atoms with Gasteiger partial charge >= 0.3 is 0 Å². The Labute approximate surface area is 140 Å². The van der Waals surface area contributed by atoms with Crippen LogP contribution in [0.3, 0.4) is 0 Å². The SMILES string of the molecule is CCCc1cc(N2CCCCCC2)nc2sc(C(N)=O)c(N)c12. The number of pyridine rings is 1. The molecule has 1 saturated heterocycles. The number of anilines is 2. The monoisotopic (exact) mass is 332 g/mol. The quantitative estimate of drug-likeness (QED) is 0.899. The number of nitrogen functional groups attached to an aromatic ring is 1. The number of nitrogens with zero attached hydrogens (tertiary/aromatic N) is 2. The average Bonchev–Trinajstić information content (AvgIpc) is 2.72. The van der Waals surface area contributed by atoms with E-state index in [4.69, 9.17) is 16.5 Å². The molecule has 23 heavy (non-hydrogen) atoms. The number of thiophene rings is 1. The van der Waals surface area contributed by atoms with Crippen LogP contribution in [0.5, 0.6) is 0 Å². The number of fused-ring (bicyclic) bond motifs is 1. The molecule has 124 valence electrons. The molecule has 6 heteroatoms. The molecular formula is C17H24N4OS. The standard InChI is InChI=1S/C17H24N4OS/c1-2-7-11-10-12(21-8-5-3-4-6-9-21)20-17-13(11)14(18)15(23-17)16(19)22/h10H,2-9,18H2,1H3,(H2,19,22). The zero-order chi connectivity index (χ0) is 16.4. The number of carbonyl (C=O) groups excluding carboxylic acids is 1. The van der Waals surface area contributed by atoms with Crippen LogP contribution < -0.4 is 16.4 Å². The van der Waals surface area contributed by atoms with Gasteiger partial charge in [-0.2, -0.15) is 0 Å². The summed E-state index contributed by atoms with van der Waals surface area (Å²) in [5.41, 5.74) is 13.3. The normalized spacial score (nSPS) is 15.8. The predicted octanol–water partition coefficient (Wildman–Crippen LogP) is 3.31. The Hall–Kier alpha value is -1.82. The molecule has 0 atom stereocenters. The summed E-state index contributed by atoms with van der Waals surface area (Å²) in [4.78, 5) is 20.0. The number of nitrogens with two attached hydrogens (primary N) is 2. The lowest BCUT2D eigenvalue weighted by Crippen LogP contribution is -2.25. The van der Waals surface area contributed by atoms with Crippen LogP contribution in [0.15, 0.2) is 6.07 Å². The summed E-state index contributed by atoms with van der Waals surface area (Å²) in [6.45, 7) is 4.25. The minimum atomic E-state index is -0.468. The molecule has 0 saturated carbocycles. The number of hydrogen-bond acceptors (Lipinski definition) is 5. The summed E-state index contributed by atoms with van der Waals surface area (Å²) in [6.07, 6.45) is 6.96. The molecule has 3 heterocycles. The zero-order valence-electron chi connectivity index (χ0n) is 13.6. The van der Waals surface area contributed by atoms with Gasteiger partial charge in [0.25, 0.3) is 5.91 Å². The molecule has 0 aromatic carbocycles. The van der Waals surface area contributed by atoms with E-state index in [1.807, 2.05) is 0 Å². The molecule has 5 nitrogen and oxygen atoms in total. The van der Waals surface area contributed by atoms with E-state index in [0.717, 1.165) is 42.0 Å². The van der Waals surface area contributed by atoms with Crippen molar-refractivity contribution in [1.82, 2.24) is 4.98 Å². The summed E-state index contributed by atoms with van der Waals surface area (Å²) in [5, 5.41) is 0.921. The highest BCUT2D eigenvalue weighted by Crippen LogP contribution is 2.37. The molecule has 4 N–H and O–H groups in total. The second-order valence-corrected chi connectivity index (χ2v) is 7.18. The van der Waals surface area contributed by atoms with Gasteiger partial charge in [0.2, 0.25) is 0 Å². The number of aryl methyl sites for hydroxylation is 1. The van der Waals surface area contributed by atoms with Crippen LogP contribution in [0.2, 0.25) is 0 Å². The lowest BCUT2D eigenvalue weighted by Gasteiger charge is -2.22. The zero-order valence-corrected chi connectivity index (χ0v) is 14.4. The summed E-state index contributed by atoms with van der Waals surface area (Å²) in [6, 6.07) is 2.16. The molecule has 0 aliphatic carbocycles. The highest BCUT2D eigenvalue weighted by atomic mass is 32.1. The molecule has 0 bridgehead atoms. The highest BCUT2D eigenvalue weighted by Gasteiger charge is 2.20. The maximum absolute atomic E-state index is 11.6. The van der Waals surface area contributed by atoms with Crippen LogP contribution in [0.1, 0.15) is 54.3 Å². The van der Waals surface area contributed by atoms with E-state index in [0.29, 0.717) is 10.6 Å². The van der Waals surface area contributed by atoms with Gasteiger partial charge in [0.1, 0.15) is 15.5 Å². The molecule has 0 unspecified atom stereocenters. The third-order valence-electron chi connectivity index (χ3n) is 4.44. The van der Waals surface area contributed by atoms with Crippen molar-refractivity contribution < 1.29 is 4.79 Å². The van der Waals surface area contributed by atoms with E-state index in [2.05, 4.69) is 17.9 Å². The number of aromatic nitrogens is 1. The van der Waals surface area contributed by atoms with Gasteiger partial charge in [-0.05, 0) is 30.9 Å². The number of hydrogen-bond donors (Lipinski definition) is 2. The Kier molecular flexibility index (Phi) is 4.71. The van der Waals surface area contributed by atoms with Crippen molar-refractivity contribution in [2.45, 2.75) is 45.4 Å². The van der Waals surface area contributed by atoms with Crippen LogP contribution in [0.25, 0.3) is 10.2 Å². The lowest BCUT2D eigenvalue weighted by molar-refractivity contribution is 0.100. The first kappa shape index (κ1) is 16.1. The van der Waals surface area contributed by atoms with Crippen LogP contribution in [0, 0.1) is 0 Å². The topological polar surface area (TPSA) is 85.2 Å². The van der Waals surface area contributed by atoms with Gasteiger partial charge in [-0.25, -0.2) is 4.98 Å². The molecule has 2 aromatic heterocycles. The van der Waals surface area contributed by atoms with Crippen molar-refractivity contribution in [2.75, 3.05) is 23.7 Å². The van der Waals surface area contributed by atoms with Crippen molar-refractivity contribution in [2.24, 2.45) is 5.73 Å². The van der Waals surface area contributed by atoms with E-state index in [9.17, 15) is 4.79 Å². The van der Waals surface area contributed by atoms with Crippen molar-refractivity contribution in [3.63, 3.8) is 0 Å². The smallest absolute Gasteiger partial charge is 0.260 e. The minimum Gasteiger partial charge on any atom is -0.397 e. The first-order valence-electron chi connectivity index (χ1n) is 8.38. The number of amides is 1. The summed E-state index contributed by atoms with van der Waals surface area (Å²) < 4.78 is 0. The molecule has 1 aliphatic heterocycles. The minimum absolute atomic E-state index is 0.429. The Morgan fingerprint density at radius 1 is 1.30 bits per heavy atom. The average molecular weight is 332 g/mol. The fourth-order valence-corrected chi connectivity index (χ4v) is 4.28. The molecule has 1 amide bonds. The highest BCUT2D eigenvalue weighted by molar-refractivity contribution is 7.21. The van der Waals surface area contributed by atoms with Gasteiger partial charge < -0.3 is 16.4 Å². The van der Waals surface area contributed by atoms with E-state index >= 15 is 0 Å². The number of primary amides is 1. The summed E-state index contributed by atoms with van der Waals surface area (Å²) in [5.74, 6) is 0.546. The molecule has 0 radical (unpaired) electrons. The van der Waals surface area contributed by atoms with Gasteiger partial charge in [0.05, 0.1) is 5.69 Å². The largest absolute Gasteiger partial charge is 0.397 e. The van der Waals surface area contributed by atoms with Crippen molar-refractivity contribution >= 4 is 39.0 Å². The Bertz CT molecular complexity index is 717. The number of carbonyl (C=O) groups is 1. The molecule has 3 rings (SSSR count). The lowest BCUT2D eigenvalue weighted by atomic mass is 10.1. The Balaban J connectivity index is 2.11. The molecule has 1 aliphatic rings. The third kappa shape index (κ3) is 3.13. The first-order chi connectivity index (χ1) is 11.1. The number of rotatable bonds is 4. The van der Waals surface area contributed by atoms with Crippen LogP contribution >= 0.6 is 11.3 Å². The molecule has 0 spiro atoms. The first-order valence-corrected chi connectivity index (χ1v) is 9.20. The van der Waals surface area contributed by atoms with Gasteiger partial charge in [-0.3, -0.25) is 4.79 Å². The van der Waals surface area contributed by atoms with E-state index in [1.54, 1.807) is 0 Å². The second kappa shape index (κ2) is 6.74. The summed E-state index contributed by atoms with van der Waals surface area (Å²) >= 11 is 1.32. The van der Waals surface area contributed by atoms with Crippen molar-refractivity contribution in [3.05, 3.63) is 16.5 Å². The van der Waals surface area contributed by atoms with Gasteiger partial charge in [-0.15, -0.1) is 11.3 Å². The predicted molar refractivity (Wildman–Crippen MR) is 97.2 cm³/mol. The summed E-state index contributed by atoms with van der Waals surface area (Å²) in [7, 11) is 0. The maximum Gasteiger partial charge on any atom is 0.260 e. The van der Waals surface area contributed by atoms with Crippen molar-refractivity contribution in [3.8, 4) is 0 Å².